The maximum Gasteiger partial charge on any atom is 0.119 e. The smallest absolute Gasteiger partial charge is 0.119 e. The minimum atomic E-state index is 0.588. The van der Waals surface area contributed by atoms with Crippen molar-refractivity contribution in [2.24, 2.45) is 5.92 Å². The molecule has 0 unspecified atom stereocenters. The number of benzene rings is 2. The van der Waals surface area contributed by atoms with Gasteiger partial charge in [-0.2, -0.15) is 0 Å². The highest BCUT2D eigenvalue weighted by atomic mass is 79.9. The lowest BCUT2D eigenvalue weighted by Gasteiger charge is -2.09. The molecule has 2 rings (SSSR count). The molecule has 0 heterocycles. The Balaban J connectivity index is 1.82. The number of rotatable bonds is 7. The molecule has 0 fully saturated rings. The van der Waals surface area contributed by atoms with Gasteiger partial charge in [-0.3, -0.25) is 0 Å². The third-order valence-corrected chi connectivity index (χ3v) is 3.59. The highest BCUT2D eigenvalue weighted by Gasteiger charge is 1.99. The second-order valence-corrected chi connectivity index (χ2v) is 6.50. The maximum absolute atomic E-state index is 5.80. The second kappa shape index (κ2) is 8.20. The number of ether oxygens (including phenoxy) is 1. The third-order valence-electron chi connectivity index (χ3n) is 3.10. The summed E-state index contributed by atoms with van der Waals surface area (Å²) in [4.78, 5) is 0. The number of hydrogen-bond donors (Lipinski definition) is 1. The molecule has 2 aromatic carbocycles. The Bertz CT molecular complexity index is 551. The molecule has 1 N–H and O–H groups in total. The number of nitrogens with one attached hydrogen (secondary N) is 1. The first-order chi connectivity index (χ1) is 10.1. The van der Waals surface area contributed by atoms with Crippen LogP contribution in [-0.4, -0.2) is 6.54 Å². The first-order valence-electron chi connectivity index (χ1n) is 7.30. The minimum Gasteiger partial charge on any atom is -0.489 e. The normalized spacial score (nSPS) is 10.9. The fourth-order valence-corrected chi connectivity index (χ4v) is 2.45. The standard InChI is InChI=1S/C18H22BrNO/c1-14(2)11-20-12-15-6-8-18(9-7-15)21-13-16-4-3-5-17(19)10-16/h3-10,14,20H,11-13H2,1-2H3. The Hall–Kier alpha value is -1.32. The van der Waals surface area contributed by atoms with Crippen molar-refractivity contribution in [2.75, 3.05) is 6.54 Å². The van der Waals surface area contributed by atoms with Gasteiger partial charge < -0.3 is 10.1 Å². The van der Waals surface area contributed by atoms with Crippen LogP contribution >= 0.6 is 15.9 Å². The van der Waals surface area contributed by atoms with Crippen LogP contribution in [0, 0.1) is 5.92 Å². The van der Waals surface area contributed by atoms with Crippen LogP contribution in [0.5, 0.6) is 5.75 Å². The Kier molecular flexibility index (Phi) is 6.27. The molecular formula is C18H22BrNO. The van der Waals surface area contributed by atoms with Gasteiger partial charge >= 0.3 is 0 Å². The van der Waals surface area contributed by atoms with Crippen molar-refractivity contribution in [3.05, 3.63) is 64.1 Å². The van der Waals surface area contributed by atoms with E-state index in [0.29, 0.717) is 12.5 Å². The molecule has 0 saturated carbocycles. The minimum absolute atomic E-state index is 0.588. The lowest BCUT2D eigenvalue weighted by atomic mass is 10.2. The molecule has 0 aliphatic heterocycles. The second-order valence-electron chi connectivity index (χ2n) is 5.59. The quantitative estimate of drug-likeness (QED) is 0.778. The van der Waals surface area contributed by atoms with Crippen molar-refractivity contribution in [1.29, 1.82) is 0 Å². The van der Waals surface area contributed by atoms with Crippen molar-refractivity contribution in [1.82, 2.24) is 5.32 Å². The first kappa shape index (κ1) is 16.1. The monoisotopic (exact) mass is 347 g/mol. The Morgan fingerprint density at radius 2 is 1.81 bits per heavy atom. The van der Waals surface area contributed by atoms with Gasteiger partial charge in [0.05, 0.1) is 0 Å². The van der Waals surface area contributed by atoms with E-state index in [4.69, 9.17) is 4.74 Å². The molecule has 0 aliphatic carbocycles. The molecule has 0 spiro atoms. The van der Waals surface area contributed by atoms with E-state index in [0.717, 1.165) is 28.9 Å². The van der Waals surface area contributed by atoms with E-state index >= 15 is 0 Å². The molecule has 0 radical (unpaired) electrons. The zero-order valence-corrected chi connectivity index (χ0v) is 14.2. The van der Waals surface area contributed by atoms with E-state index in [2.05, 4.69) is 59.4 Å². The van der Waals surface area contributed by atoms with Crippen LogP contribution in [0.3, 0.4) is 0 Å². The van der Waals surface area contributed by atoms with Gasteiger partial charge in [0, 0.05) is 11.0 Å². The summed E-state index contributed by atoms with van der Waals surface area (Å²) in [6.07, 6.45) is 0. The van der Waals surface area contributed by atoms with Crippen LogP contribution < -0.4 is 10.1 Å². The fourth-order valence-electron chi connectivity index (χ4n) is 2.00. The third kappa shape index (κ3) is 5.90. The molecule has 21 heavy (non-hydrogen) atoms. The van der Waals surface area contributed by atoms with E-state index in [1.807, 2.05) is 24.3 Å². The molecule has 2 aromatic rings. The summed E-state index contributed by atoms with van der Waals surface area (Å²) in [6, 6.07) is 16.5. The van der Waals surface area contributed by atoms with E-state index < -0.39 is 0 Å². The van der Waals surface area contributed by atoms with Gasteiger partial charge in [0.25, 0.3) is 0 Å². The number of hydrogen-bond acceptors (Lipinski definition) is 2. The van der Waals surface area contributed by atoms with Crippen molar-refractivity contribution in [2.45, 2.75) is 27.0 Å². The van der Waals surface area contributed by atoms with E-state index in [1.165, 1.54) is 5.56 Å². The Morgan fingerprint density at radius 3 is 2.48 bits per heavy atom. The van der Waals surface area contributed by atoms with Crippen molar-refractivity contribution in [3.63, 3.8) is 0 Å². The van der Waals surface area contributed by atoms with Crippen LogP contribution in [0.1, 0.15) is 25.0 Å². The molecule has 2 nitrogen and oxygen atoms in total. The molecule has 0 amide bonds. The molecule has 3 heteroatoms. The van der Waals surface area contributed by atoms with E-state index in [9.17, 15) is 0 Å². The van der Waals surface area contributed by atoms with Gasteiger partial charge in [0.1, 0.15) is 12.4 Å². The van der Waals surface area contributed by atoms with Crippen molar-refractivity contribution < 1.29 is 4.74 Å². The summed E-state index contributed by atoms with van der Waals surface area (Å²) in [6.45, 7) is 6.97. The number of halogens is 1. The summed E-state index contributed by atoms with van der Waals surface area (Å²) in [5.74, 6) is 1.58. The van der Waals surface area contributed by atoms with E-state index in [1.54, 1.807) is 0 Å². The fraction of sp³-hybridized carbons (Fsp3) is 0.333. The van der Waals surface area contributed by atoms with Crippen LogP contribution in [0.15, 0.2) is 53.0 Å². The lowest BCUT2D eigenvalue weighted by molar-refractivity contribution is 0.306. The average molecular weight is 348 g/mol. The molecule has 0 aromatic heterocycles. The zero-order chi connectivity index (χ0) is 15.1. The lowest BCUT2D eigenvalue weighted by Crippen LogP contribution is -2.18. The van der Waals surface area contributed by atoms with Gasteiger partial charge in [0.2, 0.25) is 0 Å². The van der Waals surface area contributed by atoms with Gasteiger partial charge in [0.15, 0.2) is 0 Å². The molecule has 0 bridgehead atoms. The molecule has 0 aliphatic rings. The highest BCUT2D eigenvalue weighted by Crippen LogP contribution is 2.16. The molecule has 0 atom stereocenters. The summed E-state index contributed by atoms with van der Waals surface area (Å²) in [5.41, 5.74) is 2.44. The summed E-state index contributed by atoms with van der Waals surface area (Å²) >= 11 is 3.47. The summed E-state index contributed by atoms with van der Waals surface area (Å²) in [5, 5.41) is 3.44. The van der Waals surface area contributed by atoms with Crippen LogP contribution in [-0.2, 0) is 13.2 Å². The van der Waals surface area contributed by atoms with Crippen molar-refractivity contribution in [3.8, 4) is 5.75 Å². The van der Waals surface area contributed by atoms with Gasteiger partial charge in [-0.1, -0.05) is 54.0 Å². The van der Waals surface area contributed by atoms with Crippen LogP contribution in [0.4, 0.5) is 0 Å². The molecular weight excluding hydrogens is 326 g/mol. The predicted molar refractivity (Wildman–Crippen MR) is 91.5 cm³/mol. The molecule has 112 valence electrons. The zero-order valence-electron chi connectivity index (χ0n) is 12.6. The summed E-state index contributed by atoms with van der Waals surface area (Å²) < 4.78 is 6.88. The maximum atomic E-state index is 5.80. The highest BCUT2D eigenvalue weighted by molar-refractivity contribution is 9.10. The SMILES string of the molecule is CC(C)CNCc1ccc(OCc2cccc(Br)c2)cc1. The Labute approximate surface area is 135 Å². The average Bonchev–Trinajstić information content (AvgIpc) is 2.46. The predicted octanol–water partition coefficient (Wildman–Crippen LogP) is 4.77. The van der Waals surface area contributed by atoms with Gasteiger partial charge in [-0.05, 0) is 47.9 Å². The Morgan fingerprint density at radius 1 is 1.05 bits per heavy atom. The van der Waals surface area contributed by atoms with Crippen molar-refractivity contribution >= 4 is 15.9 Å². The largest absolute Gasteiger partial charge is 0.489 e. The van der Waals surface area contributed by atoms with Gasteiger partial charge in [-0.15, -0.1) is 0 Å². The summed E-state index contributed by atoms with van der Waals surface area (Å²) in [7, 11) is 0. The first-order valence-corrected chi connectivity index (χ1v) is 8.09. The molecule has 0 saturated heterocycles. The van der Waals surface area contributed by atoms with E-state index in [-0.39, 0.29) is 0 Å². The van der Waals surface area contributed by atoms with Gasteiger partial charge in [-0.25, -0.2) is 0 Å². The van der Waals surface area contributed by atoms with Crippen LogP contribution in [0.25, 0.3) is 0 Å². The topological polar surface area (TPSA) is 21.3 Å². The van der Waals surface area contributed by atoms with Crippen LogP contribution in [0.2, 0.25) is 0 Å².